The van der Waals surface area contributed by atoms with E-state index in [1.54, 1.807) is 7.11 Å². The molecule has 0 aliphatic carbocycles. The van der Waals surface area contributed by atoms with Crippen LogP contribution in [-0.4, -0.2) is 19.4 Å². The van der Waals surface area contributed by atoms with Gasteiger partial charge in [-0.1, -0.05) is 43.3 Å². The van der Waals surface area contributed by atoms with Crippen LogP contribution in [0.2, 0.25) is 0 Å². The molecule has 0 aromatic heterocycles. The van der Waals surface area contributed by atoms with Crippen molar-refractivity contribution in [3.8, 4) is 5.75 Å². The van der Waals surface area contributed by atoms with Gasteiger partial charge in [-0.15, -0.1) is 11.8 Å². The number of methoxy groups -OCH3 is 1. The second kappa shape index (κ2) is 7.98. The molecule has 1 N–H and O–H groups in total. The van der Waals surface area contributed by atoms with Gasteiger partial charge in [0.15, 0.2) is 0 Å². The van der Waals surface area contributed by atoms with Crippen molar-refractivity contribution in [2.75, 3.05) is 19.4 Å². The van der Waals surface area contributed by atoms with Crippen LogP contribution in [0, 0.1) is 0 Å². The second-order valence-electron chi connectivity index (χ2n) is 4.48. The molecule has 0 heterocycles. The number of nitrogens with one attached hydrogen (secondary N) is 1. The van der Waals surface area contributed by atoms with E-state index in [1.165, 1.54) is 10.5 Å². The molecule has 0 radical (unpaired) electrons. The third kappa shape index (κ3) is 4.02. The van der Waals surface area contributed by atoms with Gasteiger partial charge < -0.3 is 10.1 Å². The third-order valence-electron chi connectivity index (χ3n) is 3.12. The minimum atomic E-state index is 0.293. The first kappa shape index (κ1) is 14.9. The van der Waals surface area contributed by atoms with E-state index in [2.05, 4.69) is 48.6 Å². The molecule has 20 heavy (non-hydrogen) atoms. The summed E-state index contributed by atoms with van der Waals surface area (Å²) < 4.78 is 5.48. The lowest BCUT2D eigenvalue weighted by Gasteiger charge is -2.20. The van der Waals surface area contributed by atoms with E-state index < -0.39 is 0 Å². The number of para-hydroxylation sites is 1. The zero-order valence-electron chi connectivity index (χ0n) is 12.0. The highest BCUT2D eigenvalue weighted by Crippen LogP contribution is 2.29. The molecule has 0 fully saturated rings. The van der Waals surface area contributed by atoms with Gasteiger partial charge in [0.2, 0.25) is 0 Å². The van der Waals surface area contributed by atoms with E-state index in [-0.39, 0.29) is 0 Å². The van der Waals surface area contributed by atoms with Crippen molar-refractivity contribution in [1.29, 1.82) is 0 Å². The van der Waals surface area contributed by atoms with Gasteiger partial charge in [0.25, 0.3) is 0 Å². The topological polar surface area (TPSA) is 21.3 Å². The molecule has 0 saturated heterocycles. The summed E-state index contributed by atoms with van der Waals surface area (Å²) in [6.07, 6.45) is 0. The Balaban J connectivity index is 2.10. The molecule has 1 atom stereocenters. The van der Waals surface area contributed by atoms with Crippen molar-refractivity contribution in [1.82, 2.24) is 5.32 Å². The number of benzene rings is 2. The van der Waals surface area contributed by atoms with Crippen LogP contribution >= 0.6 is 11.8 Å². The molecule has 1 unspecified atom stereocenters. The molecule has 0 aliphatic heterocycles. The Morgan fingerprint density at radius 2 is 1.75 bits per heavy atom. The van der Waals surface area contributed by atoms with Gasteiger partial charge in [0.1, 0.15) is 5.75 Å². The summed E-state index contributed by atoms with van der Waals surface area (Å²) in [5, 5.41) is 3.54. The lowest BCUT2D eigenvalue weighted by molar-refractivity contribution is 0.403. The molecule has 3 heteroatoms. The molecular weight excluding hydrogens is 266 g/mol. The van der Waals surface area contributed by atoms with Crippen LogP contribution in [0.15, 0.2) is 59.5 Å². The summed E-state index contributed by atoms with van der Waals surface area (Å²) in [5.41, 5.74) is 1.22. The Kier molecular flexibility index (Phi) is 5.96. The highest BCUT2D eigenvalue weighted by molar-refractivity contribution is 7.99. The first-order valence-electron chi connectivity index (χ1n) is 6.89. The molecule has 0 aliphatic rings. The van der Waals surface area contributed by atoms with Crippen molar-refractivity contribution in [2.45, 2.75) is 17.9 Å². The zero-order valence-corrected chi connectivity index (χ0v) is 12.8. The Hall–Kier alpha value is -1.45. The normalized spacial score (nSPS) is 12.1. The van der Waals surface area contributed by atoms with E-state index in [0.717, 1.165) is 18.0 Å². The number of ether oxygens (including phenoxy) is 1. The lowest BCUT2D eigenvalue weighted by Crippen LogP contribution is -2.23. The molecule has 0 spiro atoms. The van der Waals surface area contributed by atoms with Crippen LogP contribution in [0.5, 0.6) is 5.75 Å². The van der Waals surface area contributed by atoms with Gasteiger partial charge >= 0.3 is 0 Å². The number of thioether (sulfide) groups is 1. The van der Waals surface area contributed by atoms with Crippen molar-refractivity contribution >= 4 is 11.8 Å². The van der Waals surface area contributed by atoms with Crippen molar-refractivity contribution in [3.05, 3.63) is 60.2 Å². The average molecular weight is 287 g/mol. The molecule has 0 bridgehead atoms. The maximum Gasteiger partial charge on any atom is 0.123 e. The Bertz CT molecular complexity index is 515. The highest BCUT2D eigenvalue weighted by Gasteiger charge is 2.15. The molecule has 2 rings (SSSR count). The standard InChI is InChI=1S/C17H21NOS/c1-3-18-16(13-20-14-9-5-4-6-10-14)15-11-7-8-12-17(15)19-2/h4-12,16,18H,3,13H2,1-2H3. The summed E-state index contributed by atoms with van der Waals surface area (Å²) in [5.74, 6) is 1.94. The van der Waals surface area contributed by atoms with Gasteiger partial charge in [0, 0.05) is 22.3 Å². The van der Waals surface area contributed by atoms with Gasteiger partial charge in [-0.3, -0.25) is 0 Å². The molecule has 0 saturated carbocycles. The first-order valence-corrected chi connectivity index (χ1v) is 7.88. The average Bonchev–Trinajstić information content (AvgIpc) is 2.52. The second-order valence-corrected chi connectivity index (χ2v) is 5.57. The first-order chi connectivity index (χ1) is 9.85. The molecule has 2 aromatic carbocycles. The number of hydrogen-bond acceptors (Lipinski definition) is 3. The van der Waals surface area contributed by atoms with Crippen LogP contribution in [0.25, 0.3) is 0 Å². The minimum Gasteiger partial charge on any atom is -0.496 e. The van der Waals surface area contributed by atoms with Gasteiger partial charge in [-0.2, -0.15) is 0 Å². The summed E-state index contributed by atoms with van der Waals surface area (Å²) in [6.45, 7) is 3.08. The van der Waals surface area contributed by atoms with E-state index in [9.17, 15) is 0 Å². The van der Waals surface area contributed by atoms with Crippen molar-refractivity contribution in [2.24, 2.45) is 0 Å². The van der Waals surface area contributed by atoms with Crippen molar-refractivity contribution < 1.29 is 4.74 Å². The summed E-state index contributed by atoms with van der Waals surface area (Å²) in [7, 11) is 1.73. The van der Waals surface area contributed by atoms with E-state index in [1.807, 2.05) is 30.0 Å². The summed E-state index contributed by atoms with van der Waals surface area (Å²) in [6, 6.07) is 19.0. The molecule has 2 aromatic rings. The van der Waals surface area contributed by atoms with E-state index in [0.29, 0.717) is 6.04 Å². The Morgan fingerprint density at radius 3 is 2.45 bits per heavy atom. The molecular formula is C17H21NOS. The van der Waals surface area contributed by atoms with Gasteiger partial charge in [-0.25, -0.2) is 0 Å². The third-order valence-corrected chi connectivity index (χ3v) is 4.23. The van der Waals surface area contributed by atoms with E-state index >= 15 is 0 Å². The Morgan fingerprint density at radius 1 is 1.05 bits per heavy atom. The molecule has 2 nitrogen and oxygen atoms in total. The van der Waals surface area contributed by atoms with E-state index in [4.69, 9.17) is 4.74 Å². The van der Waals surface area contributed by atoms with Crippen LogP contribution in [-0.2, 0) is 0 Å². The zero-order chi connectivity index (χ0) is 14.2. The molecule has 0 amide bonds. The van der Waals surface area contributed by atoms with Crippen LogP contribution in [0.4, 0.5) is 0 Å². The van der Waals surface area contributed by atoms with Gasteiger partial charge in [-0.05, 0) is 24.7 Å². The summed E-state index contributed by atoms with van der Waals surface area (Å²) >= 11 is 1.86. The predicted molar refractivity (Wildman–Crippen MR) is 86.6 cm³/mol. The van der Waals surface area contributed by atoms with Crippen LogP contribution < -0.4 is 10.1 Å². The maximum atomic E-state index is 5.48. The van der Waals surface area contributed by atoms with Crippen molar-refractivity contribution in [3.63, 3.8) is 0 Å². The van der Waals surface area contributed by atoms with Gasteiger partial charge in [0.05, 0.1) is 7.11 Å². The molecule has 106 valence electrons. The fourth-order valence-corrected chi connectivity index (χ4v) is 3.16. The lowest BCUT2D eigenvalue weighted by atomic mass is 10.1. The smallest absolute Gasteiger partial charge is 0.123 e. The summed E-state index contributed by atoms with van der Waals surface area (Å²) in [4.78, 5) is 1.30. The van der Waals surface area contributed by atoms with Crippen LogP contribution in [0.1, 0.15) is 18.5 Å². The maximum absolute atomic E-state index is 5.48. The number of hydrogen-bond donors (Lipinski definition) is 1. The quantitative estimate of drug-likeness (QED) is 0.773. The number of rotatable bonds is 7. The fourth-order valence-electron chi connectivity index (χ4n) is 2.16. The monoisotopic (exact) mass is 287 g/mol. The van der Waals surface area contributed by atoms with Crippen LogP contribution in [0.3, 0.4) is 0 Å². The fraction of sp³-hybridized carbons (Fsp3) is 0.294. The minimum absolute atomic E-state index is 0.293. The predicted octanol–water partition coefficient (Wildman–Crippen LogP) is 4.14. The highest BCUT2D eigenvalue weighted by atomic mass is 32.2. The largest absolute Gasteiger partial charge is 0.496 e. The Labute approximate surface area is 125 Å². The SMILES string of the molecule is CCNC(CSc1ccccc1)c1ccccc1OC.